The first-order chi connectivity index (χ1) is 18.9. The highest BCUT2D eigenvalue weighted by Gasteiger charge is 2.16. The predicted octanol–water partition coefficient (Wildman–Crippen LogP) is 10.1. The van der Waals surface area contributed by atoms with Gasteiger partial charge in [0.2, 0.25) is 0 Å². The van der Waals surface area contributed by atoms with Gasteiger partial charge in [-0.2, -0.15) is 0 Å². The molecule has 0 spiro atoms. The summed E-state index contributed by atoms with van der Waals surface area (Å²) < 4.78 is 1.30. The molecule has 0 saturated carbocycles. The first-order valence-electron chi connectivity index (χ1n) is 13.5. The third kappa shape index (κ3) is 4.38. The first kappa shape index (κ1) is 24.0. The van der Waals surface area contributed by atoms with Crippen molar-refractivity contribution in [1.82, 2.24) is 4.98 Å². The van der Waals surface area contributed by atoms with E-state index in [9.17, 15) is 0 Å². The molecular weight excluding hydrogens is 507 g/mol. The van der Waals surface area contributed by atoms with Gasteiger partial charge in [0.05, 0.1) is 8.07 Å². The minimum Gasteiger partial charge on any atom is -0.245 e. The summed E-state index contributed by atoms with van der Waals surface area (Å²) in [6.45, 7) is 7.19. The molecule has 0 amide bonds. The zero-order chi connectivity index (χ0) is 26.6. The number of pyridine rings is 1. The summed E-state index contributed by atoms with van der Waals surface area (Å²) in [5.41, 5.74) is 7.52. The van der Waals surface area contributed by atoms with Gasteiger partial charge in [-0.1, -0.05) is 116 Å². The molecule has 0 atom stereocenters. The molecule has 0 aliphatic rings. The van der Waals surface area contributed by atoms with Crippen LogP contribution >= 0.6 is 11.3 Å². The Kier molecular flexibility index (Phi) is 5.73. The van der Waals surface area contributed by atoms with Crippen molar-refractivity contribution in [3.8, 4) is 33.4 Å². The van der Waals surface area contributed by atoms with E-state index in [1.165, 1.54) is 64.8 Å². The van der Waals surface area contributed by atoms with E-state index in [4.69, 9.17) is 0 Å². The van der Waals surface area contributed by atoms with E-state index in [-0.39, 0.29) is 0 Å². The van der Waals surface area contributed by atoms with Crippen molar-refractivity contribution >= 4 is 55.7 Å². The van der Waals surface area contributed by atoms with Crippen LogP contribution in [0, 0.1) is 0 Å². The van der Waals surface area contributed by atoms with E-state index in [2.05, 4.69) is 134 Å². The predicted molar refractivity (Wildman–Crippen MR) is 174 cm³/mol. The highest BCUT2D eigenvalue weighted by molar-refractivity contribution is 7.26. The molecule has 0 bridgehead atoms. The van der Waals surface area contributed by atoms with Gasteiger partial charge < -0.3 is 0 Å². The number of hydrogen-bond donors (Lipinski definition) is 0. The van der Waals surface area contributed by atoms with Gasteiger partial charge in [0.15, 0.2) is 0 Å². The molecular formula is C36H29NSSi. The third-order valence-electron chi connectivity index (χ3n) is 7.73. The van der Waals surface area contributed by atoms with Crippen molar-refractivity contribution < 1.29 is 0 Å². The number of aromatic nitrogens is 1. The van der Waals surface area contributed by atoms with Crippen LogP contribution < -0.4 is 5.19 Å². The van der Waals surface area contributed by atoms with Crippen molar-refractivity contribution in [3.63, 3.8) is 0 Å². The van der Waals surface area contributed by atoms with E-state index in [0.717, 1.165) is 4.83 Å². The summed E-state index contributed by atoms with van der Waals surface area (Å²) >= 11 is 1.78. The lowest BCUT2D eigenvalue weighted by Crippen LogP contribution is -2.37. The quantitative estimate of drug-likeness (QED) is 0.204. The molecule has 0 N–H and O–H groups in total. The van der Waals surface area contributed by atoms with Crippen LogP contribution in [0.15, 0.2) is 121 Å². The second kappa shape index (κ2) is 9.30. The SMILES string of the molecule is C[Si](C)(C)c1ccc(-c2ccc3ccc(-c4ccc(-c5cccc6c5sc5ncccc56)cc4)cc3c2)cc1. The van der Waals surface area contributed by atoms with Crippen LogP contribution in [0.25, 0.3) is 64.5 Å². The van der Waals surface area contributed by atoms with Crippen LogP contribution in [-0.4, -0.2) is 13.1 Å². The molecule has 0 saturated heterocycles. The molecule has 3 heteroatoms. The van der Waals surface area contributed by atoms with Crippen LogP contribution in [0.4, 0.5) is 0 Å². The fourth-order valence-corrected chi connectivity index (χ4v) is 7.82. The minimum atomic E-state index is -1.30. The van der Waals surface area contributed by atoms with E-state index in [0.29, 0.717) is 0 Å². The van der Waals surface area contributed by atoms with Gasteiger partial charge in [-0.15, -0.1) is 11.3 Å². The molecule has 39 heavy (non-hydrogen) atoms. The largest absolute Gasteiger partial charge is 0.245 e. The summed E-state index contributed by atoms with van der Waals surface area (Å²) in [5, 5.41) is 6.55. The summed E-state index contributed by atoms with van der Waals surface area (Å²) in [6, 6.07) is 42.6. The van der Waals surface area contributed by atoms with E-state index < -0.39 is 8.07 Å². The fourth-order valence-electron chi connectivity index (χ4n) is 5.47. The molecule has 5 aromatic carbocycles. The van der Waals surface area contributed by atoms with Crippen molar-refractivity contribution in [3.05, 3.63) is 121 Å². The molecule has 188 valence electrons. The van der Waals surface area contributed by atoms with E-state index in [1.54, 1.807) is 11.3 Å². The Labute approximate surface area is 234 Å². The second-order valence-electron chi connectivity index (χ2n) is 11.3. The molecule has 0 aliphatic heterocycles. The lowest BCUT2D eigenvalue weighted by molar-refractivity contribution is 1.45. The molecule has 0 fully saturated rings. The standard InChI is InChI=1S/C36H29NSSi/c1-39(2,3)31-19-17-25(18-20-31)29-16-12-26-11-15-28(22-30(26)23-29)24-9-13-27(14-10-24)32-6-4-7-33-34-8-5-21-37-36(34)38-35(32)33/h4-23H,1-3H3. The molecule has 2 aromatic heterocycles. The molecule has 1 nitrogen and oxygen atoms in total. The smallest absolute Gasteiger partial charge is 0.124 e. The maximum atomic E-state index is 4.59. The van der Waals surface area contributed by atoms with Gasteiger partial charge in [-0.05, 0) is 68.4 Å². The topological polar surface area (TPSA) is 12.9 Å². The number of rotatable bonds is 4. The molecule has 0 unspecified atom stereocenters. The molecule has 0 radical (unpaired) electrons. The zero-order valence-corrected chi connectivity index (χ0v) is 24.2. The van der Waals surface area contributed by atoms with Crippen molar-refractivity contribution in [1.29, 1.82) is 0 Å². The van der Waals surface area contributed by atoms with E-state index in [1.807, 2.05) is 12.3 Å². The number of thiophene rings is 1. The Morgan fingerprint density at radius 2 is 1.13 bits per heavy atom. The van der Waals surface area contributed by atoms with Gasteiger partial charge in [-0.25, -0.2) is 4.98 Å². The highest BCUT2D eigenvalue weighted by Crippen LogP contribution is 2.39. The highest BCUT2D eigenvalue weighted by atomic mass is 32.1. The zero-order valence-electron chi connectivity index (χ0n) is 22.4. The Morgan fingerprint density at radius 3 is 1.79 bits per heavy atom. The average molecular weight is 536 g/mol. The lowest BCUT2D eigenvalue weighted by atomic mass is 9.96. The Hall–Kier alpha value is -4.05. The minimum absolute atomic E-state index is 1.10. The van der Waals surface area contributed by atoms with Crippen LogP contribution in [0.3, 0.4) is 0 Å². The van der Waals surface area contributed by atoms with Crippen molar-refractivity contribution in [2.45, 2.75) is 19.6 Å². The van der Waals surface area contributed by atoms with Gasteiger partial charge in [0, 0.05) is 21.7 Å². The molecule has 7 aromatic rings. The Balaban J connectivity index is 1.23. The summed E-state index contributed by atoms with van der Waals surface area (Å²) in [7, 11) is -1.30. The third-order valence-corrected chi connectivity index (χ3v) is 11.0. The Morgan fingerprint density at radius 1 is 0.538 bits per heavy atom. The first-order valence-corrected chi connectivity index (χ1v) is 17.8. The monoisotopic (exact) mass is 535 g/mol. The van der Waals surface area contributed by atoms with Gasteiger partial charge >= 0.3 is 0 Å². The van der Waals surface area contributed by atoms with Crippen LogP contribution in [-0.2, 0) is 0 Å². The maximum absolute atomic E-state index is 4.59. The van der Waals surface area contributed by atoms with Crippen molar-refractivity contribution in [2.24, 2.45) is 0 Å². The van der Waals surface area contributed by atoms with Crippen LogP contribution in [0.2, 0.25) is 19.6 Å². The van der Waals surface area contributed by atoms with Crippen molar-refractivity contribution in [2.75, 3.05) is 0 Å². The number of hydrogen-bond acceptors (Lipinski definition) is 2. The van der Waals surface area contributed by atoms with E-state index >= 15 is 0 Å². The van der Waals surface area contributed by atoms with Crippen LogP contribution in [0.5, 0.6) is 0 Å². The number of nitrogens with zero attached hydrogens (tertiary/aromatic N) is 1. The maximum Gasteiger partial charge on any atom is 0.124 e. The summed E-state index contributed by atoms with van der Waals surface area (Å²) in [5.74, 6) is 0. The average Bonchev–Trinajstić information content (AvgIpc) is 3.35. The number of fused-ring (bicyclic) bond motifs is 4. The number of benzene rings is 5. The second-order valence-corrected chi connectivity index (χ2v) is 17.4. The van der Waals surface area contributed by atoms with Gasteiger partial charge in [0.25, 0.3) is 0 Å². The summed E-state index contributed by atoms with van der Waals surface area (Å²) in [4.78, 5) is 5.69. The molecule has 7 rings (SSSR count). The van der Waals surface area contributed by atoms with Gasteiger partial charge in [-0.3, -0.25) is 0 Å². The van der Waals surface area contributed by atoms with Gasteiger partial charge in [0.1, 0.15) is 4.83 Å². The molecule has 0 aliphatic carbocycles. The normalized spacial score (nSPS) is 12.0. The fraction of sp³-hybridized carbons (Fsp3) is 0.0833. The lowest BCUT2D eigenvalue weighted by Gasteiger charge is -2.17. The molecule has 2 heterocycles. The summed E-state index contributed by atoms with van der Waals surface area (Å²) in [6.07, 6.45) is 1.88. The Bertz CT molecular complexity index is 1980. The van der Waals surface area contributed by atoms with Crippen LogP contribution in [0.1, 0.15) is 0 Å².